The van der Waals surface area contributed by atoms with Gasteiger partial charge in [0.2, 0.25) is 0 Å². The predicted octanol–water partition coefficient (Wildman–Crippen LogP) is 10.00. The Hall–Kier alpha value is -3.06. The second kappa shape index (κ2) is 38.5. The van der Waals surface area contributed by atoms with Crippen molar-refractivity contribution in [2.24, 2.45) is 5.92 Å². The molecule has 2 heterocycles. The molecule has 414 valence electrons. The summed E-state index contributed by atoms with van der Waals surface area (Å²) in [6.45, 7) is 4.30. The third-order valence-corrected chi connectivity index (χ3v) is 15.0. The Balaban J connectivity index is 1.80. The first-order valence-electron chi connectivity index (χ1n) is 26.5. The molecule has 1 aliphatic rings. The van der Waals surface area contributed by atoms with Gasteiger partial charge in [-0.25, -0.2) is 13.9 Å². The van der Waals surface area contributed by atoms with E-state index in [1.807, 2.05) is 18.2 Å². The molecule has 4 unspecified atom stereocenters. The van der Waals surface area contributed by atoms with Gasteiger partial charge in [-0.05, 0) is 44.1 Å². The van der Waals surface area contributed by atoms with Gasteiger partial charge in [0.05, 0.1) is 19.3 Å². The number of nitrogens with two attached hydrogens (primary N) is 1. The molecular formula is C51H89N3O16P2. The van der Waals surface area contributed by atoms with Crippen LogP contribution in [0.1, 0.15) is 194 Å². The Bertz CT molecular complexity index is 1880. The van der Waals surface area contributed by atoms with Gasteiger partial charge in [-0.15, -0.1) is 0 Å². The Morgan fingerprint density at radius 1 is 0.764 bits per heavy atom. The second-order valence-corrected chi connectivity index (χ2v) is 21.8. The molecule has 0 bridgehead atoms. The normalized spacial score (nSPS) is 20.2. The highest BCUT2D eigenvalue weighted by molar-refractivity contribution is 7.61. The van der Waals surface area contributed by atoms with Crippen LogP contribution < -0.4 is 11.4 Å². The molecular weight excluding hydrogens is 973 g/mol. The van der Waals surface area contributed by atoms with Gasteiger partial charge in [-0.3, -0.25) is 23.2 Å². The van der Waals surface area contributed by atoms with Crippen molar-refractivity contribution in [1.29, 1.82) is 0 Å². The molecule has 7 N–H and O–H groups in total. The summed E-state index contributed by atoms with van der Waals surface area (Å²) >= 11 is 0. The number of phosphoric acid groups is 2. The minimum Gasteiger partial charge on any atom is -0.462 e. The van der Waals surface area contributed by atoms with E-state index in [0.29, 0.717) is 19.3 Å². The number of aliphatic hydroxyl groups excluding tert-OH is 3. The maximum atomic E-state index is 12.9. The Kier molecular flexibility index (Phi) is 34.8. The molecule has 21 heteroatoms. The zero-order valence-electron chi connectivity index (χ0n) is 43.3. The fourth-order valence-corrected chi connectivity index (χ4v) is 10.00. The standard InChI is InChI=1S/C51H89N3O16P2/c1-4-6-7-8-17-22-27-32-42(55)33-28-23-20-25-29-34-46(56)65-38-43(68-47(57)35-30-24-19-16-14-12-10-9-11-13-15-18-21-26-31-41(3)5-2)39-66-71(61,62)70-72(63,64)67-40-44-48(58)49(59)50(69-44)54-37-36-45(52)53-51(54)60/h6-7,17,22,27,32,36-37,41-44,48-50,55,58-59H,4-5,8-16,18-21,23-26,28-31,33-35,38-40H2,1-3H3,(H,61,62)(H,63,64)(H2,52,53,60)/b7-6+,22-17+,32-27+/t41?,42?,43-,44-,48-,49-,50-/m1/s1. The summed E-state index contributed by atoms with van der Waals surface area (Å²) in [6, 6.07) is 1.24. The van der Waals surface area contributed by atoms with Gasteiger partial charge in [-0.2, -0.15) is 9.29 Å². The number of unbranched alkanes of at least 4 members (excludes halogenated alkanes) is 17. The molecule has 0 amide bonds. The van der Waals surface area contributed by atoms with Crippen LogP contribution in [0.4, 0.5) is 5.82 Å². The van der Waals surface area contributed by atoms with Crippen LogP contribution in [0.25, 0.3) is 0 Å². The number of hydrogen-bond acceptors (Lipinski definition) is 16. The Morgan fingerprint density at radius 3 is 1.90 bits per heavy atom. The largest absolute Gasteiger partial charge is 0.481 e. The van der Waals surface area contributed by atoms with E-state index in [4.69, 9.17) is 29.0 Å². The van der Waals surface area contributed by atoms with Crippen molar-refractivity contribution < 1.29 is 71.4 Å². The lowest BCUT2D eigenvalue weighted by Crippen LogP contribution is -2.36. The van der Waals surface area contributed by atoms with Gasteiger partial charge in [0.25, 0.3) is 0 Å². The molecule has 0 saturated carbocycles. The second-order valence-electron chi connectivity index (χ2n) is 18.8. The van der Waals surface area contributed by atoms with Crippen molar-refractivity contribution in [1.82, 2.24) is 9.55 Å². The number of carbonyl (C=O) groups excluding carboxylic acids is 2. The van der Waals surface area contributed by atoms with Crippen LogP contribution in [-0.2, 0) is 46.3 Å². The number of phosphoric ester groups is 2. The third-order valence-electron chi connectivity index (χ3n) is 12.4. The molecule has 0 aliphatic carbocycles. The molecule has 1 aliphatic heterocycles. The minimum absolute atomic E-state index is 0.0322. The zero-order chi connectivity index (χ0) is 53.0. The molecule has 9 atom stereocenters. The number of esters is 2. The van der Waals surface area contributed by atoms with Gasteiger partial charge < -0.3 is 45.1 Å². The highest BCUT2D eigenvalue weighted by atomic mass is 31.3. The van der Waals surface area contributed by atoms with Crippen molar-refractivity contribution in [3.05, 3.63) is 59.2 Å². The quantitative estimate of drug-likeness (QED) is 0.0117. The average Bonchev–Trinajstić information content (AvgIpc) is 3.61. The van der Waals surface area contributed by atoms with E-state index < -0.39 is 89.8 Å². The fourth-order valence-electron chi connectivity index (χ4n) is 7.89. The van der Waals surface area contributed by atoms with E-state index in [1.165, 1.54) is 76.7 Å². The molecule has 19 nitrogen and oxygen atoms in total. The van der Waals surface area contributed by atoms with Gasteiger partial charge in [0.1, 0.15) is 30.7 Å². The number of hydrogen-bond donors (Lipinski definition) is 6. The molecule has 0 radical (unpaired) electrons. The van der Waals surface area contributed by atoms with Crippen LogP contribution in [0.2, 0.25) is 0 Å². The summed E-state index contributed by atoms with van der Waals surface area (Å²) in [5, 5.41) is 31.1. The first-order valence-corrected chi connectivity index (χ1v) is 29.5. The number of nitrogen functional groups attached to an aromatic ring is 1. The van der Waals surface area contributed by atoms with Crippen LogP contribution in [0.3, 0.4) is 0 Å². The van der Waals surface area contributed by atoms with E-state index in [1.54, 1.807) is 6.08 Å². The van der Waals surface area contributed by atoms with Crippen LogP contribution in [0.15, 0.2) is 53.5 Å². The van der Waals surface area contributed by atoms with Crippen LogP contribution in [-0.4, -0.2) is 96.9 Å². The summed E-state index contributed by atoms with van der Waals surface area (Å²) in [5.74, 6) is -0.533. The van der Waals surface area contributed by atoms with Crippen molar-refractivity contribution in [2.75, 3.05) is 25.6 Å². The van der Waals surface area contributed by atoms with Crippen LogP contribution >= 0.6 is 15.6 Å². The summed E-state index contributed by atoms with van der Waals surface area (Å²) < 4.78 is 56.8. The maximum absolute atomic E-state index is 12.9. The molecule has 1 aromatic heterocycles. The van der Waals surface area contributed by atoms with Crippen LogP contribution in [0, 0.1) is 5.92 Å². The first kappa shape index (κ1) is 65.1. The Morgan fingerprint density at radius 2 is 1.32 bits per heavy atom. The lowest BCUT2D eigenvalue weighted by molar-refractivity contribution is -0.161. The molecule has 0 spiro atoms. The monoisotopic (exact) mass is 1060 g/mol. The summed E-state index contributed by atoms with van der Waals surface area (Å²) in [7, 11) is -10.9. The average molecular weight is 1060 g/mol. The fraction of sp³-hybridized carbons (Fsp3) is 0.765. The number of ether oxygens (including phenoxy) is 3. The van der Waals surface area contributed by atoms with Gasteiger partial charge in [0.15, 0.2) is 12.3 Å². The molecule has 1 saturated heterocycles. The molecule has 0 aromatic carbocycles. The summed E-state index contributed by atoms with van der Waals surface area (Å²) in [5.41, 5.74) is 4.58. The van der Waals surface area contributed by atoms with E-state index in [-0.39, 0.29) is 18.7 Å². The number of carbonyl (C=O) groups is 2. The molecule has 72 heavy (non-hydrogen) atoms. The minimum atomic E-state index is -5.44. The first-order chi connectivity index (χ1) is 34.5. The van der Waals surface area contributed by atoms with E-state index in [9.17, 15) is 48.6 Å². The molecule has 1 aromatic rings. The lowest BCUT2D eigenvalue weighted by atomic mass is 9.99. The summed E-state index contributed by atoms with van der Waals surface area (Å²) in [4.78, 5) is 62.0. The van der Waals surface area contributed by atoms with E-state index >= 15 is 0 Å². The SMILES string of the molecule is CC/C=C/C/C=C/C=C/C(O)CCCCCCCC(=O)OC[C@H](COP(=O)(O)OP(=O)(O)OC[C@H]1O[C@@H](n2ccc(N)nc2=O)[C@H](O)[C@@H]1O)OC(=O)CCCCCCCCCCCCCCCCC(C)CC. The molecule has 2 rings (SSSR count). The number of nitrogens with zero attached hydrogens (tertiary/aromatic N) is 2. The van der Waals surface area contributed by atoms with Crippen molar-refractivity contribution in [2.45, 2.75) is 224 Å². The Labute approximate surface area is 428 Å². The number of anilines is 1. The van der Waals surface area contributed by atoms with Gasteiger partial charge in [-0.1, -0.05) is 179 Å². The van der Waals surface area contributed by atoms with E-state index in [0.717, 1.165) is 80.9 Å². The number of rotatable bonds is 43. The van der Waals surface area contributed by atoms with Gasteiger partial charge in [0, 0.05) is 19.0 Å². The maximum Gasteiger partial charge on any atom is 0.481 e. The predicted molar refractivity (Wildman–Crippen MR) is 276 cm³/mol. The lowest BCUT2D eigenvalue weighted by Gasteiger charge is -2.21. The smallest absolute Gasteiger partial charge is 0.462 e. The van der Waals surface area contributed by atoms with Gasteiger partial charge >= 0.3 is 33.3 Å². The number of allylic oxidation sites excluding steroid dienone is 5. The van der Waals surface area contributed by atoms with Crippen molar-refractivity contribution >= 4 is 33.4 Å². The summed E-state index contributed by atoms with van der Waals surface area (Å²) in [6.07, 6.45) is 29.5. The van der Waals surface area contributed by atoms with Crippen LogP contribution in [0.5, 0.6) is 0 Å². The molecule has 1 fully saturated rings. The highest BCUT2D eigenvalue weighted by Gasteiger charge is 2.46. The number of aliphatic hydroxyl groups is 3. The topological polar surface area (TPSA) is 286 Å². The van der Waals surface area contributed by atoms with Crippen molar-refractivity contribution in [3.8, 4) is 0 Å². The highest BCUT2D eigenvalue weighted by Crippen LogP contribution is 2.60. The third kappa shape index (κ3) is 31.0. The van der Waals surface area contributed by atoms with E-state index in [2.05, 4.69) is 42.2 Å². The zero-order valence-corrected chi connectivity index (χ0v) is 45.0. The number of aromatic nitrogens is 2. The van der Waals surface area contributed by atoms with Crippen molar-refractivity contribution in [3.63, 3.8) is 0 Å².